The zero-order valence-electron chi connectivity index (χ0n) is 15.1. The SMILES string of the molecule is Cc1ccc([N+](=O)[O-])cc1N1C(=O)CC(N2CCC3(CC2)OCCO3)C1=O. The van der Waals surface area contributed by atoms with Crippen LogP contribution in [0.5, 0.6) is 0 Å². The number of likely N-dealkylation sites (tertiary alicyclic amines) is 1. The molecule has 1 atom stereocenters. The van der Waals surface area contributed by atoms with Gasteiger partial charge in [-0.15, -0.1) is 0 Å². The Hall–Kier alpha value is -2.36. The monoisotopic (exact) mass is 375 g/mol. The van der Waals surface area contributed by atoms with Crippen LogP contribution in [0.4, 0.5) is 11.4 Å². The molecule has 1 aromatic rings. The minimum absolute atomic E-state index is 0.0790. The molecule has 3 aliphatic heterocycles. The molecular weight excluding hydrogens is 354 g/mol. The largest absolute Gasteiger partial charge is 0.347 e. The average molecular weight is 375 g/mol. The van der Waals surface area contributed by atoms with Crippen molar-refractivity contribution in [3.8, 4) is 0 Å². The Bertz CT molecular complexity index is 794. The number of hydrogen-bond acceptors (Lipinski definition) is 7. The maximum atomic E-state index is 13.0. The van der Waals surface area contributed by atoms with Gasteiger partial charge in [-0.05, 0) is 12.5 Å². The summed E-state index contributed by atoms with van der Waals surface area (Å²) in [6.07, 6.45) is 1.39. The number of carbonyl (C=O) groups is 2. The molecule has 0 bridgehead atoms. The van der Waals surface area contributed by atoms with Gasteiger partial charge in [-0.25, -0.2) is 4.90 Å². The van der Waals surface area contributed by atoms with E-state index in [4.69, 9.17) is 9.47 Å². The number of piperidine rings is 1. The van der Waals surface area contributed by atoms with Gasteiger partial charge in [0.25, 0.3) is 11.6 Å². The number of aryl methyl sites for hydroxylation is 1. The molecule has 144 valence electrons. The molecule has 3 saturated heterocycles. The van der Waals surface area contributed by atoms with Crippen LogP contribution in [0.1, 0.15) is 24.8 Å². The van der Waals surface area contributed by atoms with E-state index in [-0.39, 0.29) is 29.6 Å². The first-order valence-electron chi connectivity index (χ1n) is 9.04. The molecule has 3 fully saturated rings. The van der Waals surface area contributed by atoms with Gasteiger partial charge in [0.05, 0.1) is 36.3 Å². The summed E-state index contributed by atoms with van der Waals surface area (Å²) < 4.78 is 11.4. The van der Waals surface area contributed by atoms with Crippen LogP contribution in [0.3, 0.4) is 0 Å². The summed E-state index contributed by atoms with van der Waals surface area (Å²) >= 11 is 0. The van der Waals surface area contributed by atoms with E-state index in [1.165, 1.54) is 12.1 Å². The normalized spacial score (nSPS) is 25.5. The lowest BCUT2D eigenvalue weighted by molar-refractivity contribution is -0.384. The van der Waals surface area contributed by atoms with E-state index in [0.717, 1.165) is 4.90 Å². The van der Waals surface area contributed by atoms with Gasteiger partial charge < -0.3 is 9.47 Å². The smallest absolute Gasteiger partial charge is 0.271 e. The molecule has 4 rings (SSSR count). The van der Waals surface area contributed by atoms with Crippen molar-refractivity contribution in [2.45, 2.75) is 38.0 Å². The number of rotatable bonds is 3. The number of non-ortho nitro benzene ring substituents is 1. The number of nitro benzene ring substituents is 1. The Morgan fingerprint density at radius 3 is 2.48 bits per heavy atom. The topological polar surface area (TPSA) is 102 Å². The van der Waals surface area contributed by atoms with Crippen molar-refractivity contribution in [2.24, 2.45) is 0 Å². The van der Waals surface area contributed by atoms with Crippen molar-refractivity contribution >= 4 is 23.2 Å². The summed E-state index contributed by atoms with van der Waals surface area (Å²) in [5, 5.41) is 11.1. The van der Waals surface area contributed by atoms with Crippen LogP contribution in [0.15, 0.2) is 18.2 Å². The molecule has 3 aliphatic rings. The zero-order valence-corrected chi connectivity index (χ0v) is 15.1. The van der Waals surface area contributed by atoms with Crippen LogP contribution in [0.25, 0.3) is 0 Å². The zero-order chi connectivity index (χ0) is 19.2. The fraction of sp³-hybridized carbons (Fsp3) is 0.556. The number of amides is 2. The summed E-state index contributed by atoms with van der Waals surface area (Å²) in [4.78, 5) is 39.2. The first-order valence-corrected chi connectivity index (χ1v) is 9.04. The summed E-state index contributed by atoms with van der Waals surface area (Å²) in [6.45, 7) is 4.10. The third kappa shape index (κ3) is 3.11. The van der Waals surface area contributed by atoms with E-state index in [0.29, 0.717) is 44.7 Å². The van der Waals surface area contributed by atoms with E-state index >= 15 is 0 Å². The van der Waals surface area contributed by atoms with Crippen LogP contribution in [-0.4, -0.2) is 59.8 Å². The minimum Gasteiger partial charge on any atom is -0.347 e. The number of nitro groups is 1. The fourth-order valence-electron chi connectivity index (χ4n) is 4.07. The minimum atomic E-state index is -0.546. The van der Waals surface area contributed by atoms with E-state index in [1.54, 1.807) is 13.0 Å². The second kappa shape index (κ2) is 6.66. The lowest BCUT2D eigenvalue weighted by Gasteiger charge is -2.39. The molecule has 1 unspecified atom stereocenters. The van der Waals surface area contributed by atoms with Crippen molar-refractivity contribution in [1.82, 2.24) is 4.90 Å². The third-order valence-electron chi connectivity index (χ3n) is 5.58. The quantitative estimate of drug-likeness (QED) is 0.447. The lowest BCUT2D eigenvalue weighted by Crippen LogP contribution is -2.51. The average Bonchev–Trinajstić information content (AvgIpc) is 3.21. The fourth-order valence-corrected chi connectivity index (χ4v) is 4.07. The molecule has 1 aromatic carbocycles. The highest BCUT2D eigenvalue weighted by Crippen LogP contribution is 2.35. The molecule has 9 heteroatoms. The molecule has 0 aromatic heterocycles. The molecule has 0 saturated carbocycles. The number of imide groups is 1. The highest BCUT2D eigenvalue weighted by atomic mass is 16.7. The van der Waals surface area contributed by atoms with Gasteiger partial charge in [-0.3, -0.25) is 24.6 Å². The van der Waals surface area contributed by atoms with Crippen LogP contribution in [0.2, 0.25) is 0 Å². The molecule has 0 N–H and O–H groups in total. The van der Waals surface area contributed by atoms with Crippen LogP contribution >= 0.6 is 0 Å². The Labute approximate surface area is 156 Å². The van der Waals surface area contributed by atoms with Gasteiger partial charge in [0.15, 0.2) is 5.79 Å². The van der Waals surface area contributed by atoms with Crippen LogP contribution < -0.4 is 4.90 Å². The van der Waals surface area contributed by atoms with Crippen molar-refractivity contribution in [2.75, 3.05) is 31.2 Å². The Kier molecular flexibility index (Phi) is 4.45. The molecule has 1 spiro atoms. The molecule has 27 heavy (non-hydrogen) atoms. The van der Waals surface area contributed by atoms with E-state index in [2.05, 4.69) is 0 Å². The van der Waals surface area contributed by atoms with Crippen LogP contribution in [-0.2, 0) is 19.1 Å². The molecular formula is C18H21N3O6. The summed E-state index contributed by atoms with van der Waals surface area (Å²) in [6, 6.07) is 3.67. The Balaban J connectivity index is 1.53. The summed E-state index contributed by atoms with van der Waals surface area (Å²) in [5.41, 5.74) is 0.793. The predicted octanol–water partition coefficient (Wildman–Crippen LogP) is 1.37. The molecule has 3 heterocycles. The Morgan fingerprint density at radius 1 is 1.19 bits per heavy atom. The van der Waals surface area contributed by atoms with Crippen molar-refractivity contribution in [1.29, 1.82) is 0 Å². The molecule has 2 amide bonds. The van der Waals surface area contributed by atoms with E-state index < -0.39 is 16.8 Å². The number of anilines is 1. The van der Waals surface area contributed by atoms with Crippen molar-refractivity contribution < 1.29 is 24.0 Å². The van der Waals surface area contributed by atoms with Gasteiger partial charge >= 0.3 is 0 Å². The number of nitrogens with zero attached hydrogens (tertiary/aromatic N) is 3. The molecule has 0 aliphatic carbocycles. The number of benzene rings is 1. The number of ether oxygens (including phenoxy) is 2. The van der Waals surface area contributed by atoms with Gasteiger partial charge in [-0.2, -0.15) is 0 Å². The van der Waals surface area contributed by atoms with Crippen LogP contribution in [0, 0.1) is 17.0 Å². The second-order valence-corrected chi connectivity index (χ2v) is 7.16. The number of hydrogen-bond donors (Lipinski definition) is 0. The maximum Gasteiger partial charge on any atom is 0.271 e. The van der Waals surface area contributed by atoms with Crippen molar-refractivity contribution in [3.63, 3.8) is 0 Å². The highest BCUT2D eigenvalue weighted by Gasteiger charge is 2.47. The molecule has 9 nitrogen and oxygen atoms in total. The van der Waals surface area contributed by atoms with Gasteiger partial charge in [0.2, 0.25) is 5.91 Å². The van der Waals surface area contributed by atoms with E-state index in [9.17, 15) is 19.7 Å². The Morgan fingerprint density at radius 2 is 1.85 bits per heavy atom. The third-order valence-corrected chi connectivity index (χ3v) is 5.58. The summed E-state index contributed by atoms with van der Waals surface area (Å²) in [7, 11) is 0. The summed E-state index contributed by atoms with van der Waals surface area (Å²) in [5.74, 6) is -1.20. The standard InChI is InChI=1S/C18H21N3O6/c1-12-2-3-13(21(24)25)10-14(12)20-16(22)11-15(17(20)23)19-6-4-18(5-7-19)26-8-9-27-18/h2-3,10,15H,4-9,11H2,1H3. The van der Waals surface area contributed by atoms with Crippen molar-refractivity contribution in [3.05, 3.63) is 33.9 Å². The van der Waals surface area contributed by atoms with Gasteiger partial charge in [0, 0.05) is 38.1 Å². The first-order chi connectivity index (χ1) is 12.9. The second-order valence-electron chi connectivity index (χ2n) is 7.16. The maximum absolute atomic E-state index is 13.0. The highest BCUT2D eigenvalue weighted by molar-refractivity contribution is 6.22. The van der Waals surface area contributed by atoms with E-state index in [1.807, 2.05) is 4.90 Å². The van der Waals surface area contributed by atoms with Gasteiger partial charge in [-0.1, -0.05) is 6.07 Å². The predicted molar refractivity (Wildman–Crippen MR) is 94.2 cm³/mol. The first kappa shape index (κ1) is 18.0. The van der Waals surface area contributed by atoms with Gasteiger partial charge in [0.1, 0.15) is 0 Å². The molecule has 0 radical (unpaired) electrons. The lowest BCUT2D eigenvalue weighted by atomic mass is 10.0. The number of carbonyl (C=O) groups excluding carboxylic acids is 2.